The largest absolute Gasteiger partial charge is 0.402 e. The zero-order valence-electron chi connectivity index (χ0n) is 8.40. The minimum absolute atomic E-state index is 0.793. The van der Waals surface area contributed by atoms with Crippen LogP contribution in [0.3, 0.4) is 0 Å². The minimum atomic E-state index is 0.793. The summed E-state index contributed by atoms with van der Waals surface area (Å²) in [6.07, 6.45) is 5.66. The summed E-state index contributed by atoms with van der Waals surface area (Å²) >= 11 is 0. The fourth-order valence-electron chi connectivity index (χ4n) is 1.23. The molecule has 0 unspecified atom stereocenters. The van der Waals surface area contributed by atoms with Gasteiger partial charge in [0.05, 0.1) is 0 Å². The fourth-order valence-corrected chi connectivity index (χ4v) is 1.23. The molecular formula is C13H15N. The Morgan fingerprint density at radius 2 is 1.93 bits per heavy atom. The van der Waals surface area contributed by atoms with E-state index in [2.05, 4.69) is 18.7 Å². The third kappa shape index (κ3) is 2.94. The first-order valence-corrected chi connectivity index (χ1v) is 4.56. The molecule has 0 fully saturated rings. The summed E-state index contributed by atoms with van der Waals surface area (Å²) in [6, 6.07) is 10.1. The van der Waals surface area contributed by atoms with Gasteiger partial charge in [0.1, 0.15) is 0 Å². The van der Waals surface area contributed by atoms with Gasteiger partial charge in [0, 0.05) is 5.70 Å². The van der Waals surface area contributed by atoms with Crippen LogP contribution in [0.2, 0.25) is 0 Å². The first-order chi connectivity index (χ1) is 6.74. The molecule has 1 rings (SSSR count). The van der Waals surface area contributed by atoms with Crippen LogP contribution in [0.4, 0.5) is 0 Å². The van der Waals surface area contributed by atoms with Crippen LogP contribution < -0.4 is 5.73 Å². The summed E-state index contributed by atoms with van der Waals surface area (Å²) in [4.78, 5) is 0. The lowest BCUT2D eigenvalue weighted by atomic mass is 10.0. The van der Waals surface area contributed by atoms with E-state index in [1.807, 2.05) is 37.3 Å². The first kappa shape index (κ1) is 10.3. The second-order valence-electron chi connectivity index (χ2n) is 3.11. The third-order valence-electron chi connectivity index (χ3n) is 1.79. The molecule has 0 aliphatic heterocycles. The smallest absolute Gasteiger partial charge is 0.00550 e. The van der Waals surface area contributed by atoms with Gasteiger partial charge in [-0.2, -0.15) is 0 Å². The lowest BCUT2D eigenvalue weighted by molar-refractivity contribution is 1.32. The van der Waals surface area contributed by atoms with Crippen molar-refractivity contribution in [3.63, 3.8) is 0 Å². The fraction of sp³-hybridized carbons (Fsp3) is 0.0769. The van der Waals surface area contributed by atoms with Gasteiger partial charge in [0.25, 0.3) is 0 Å². The van der Waals surface area contributed by atoms with Gasteiger partial charge in [-0.15, -0.1) is 0 Å². The van der Waals surface area contributed by atoms with E-state index in [4.69, 9.17) is 5.73 Å². The topological polar surface area (TPSA) is 26.0 Å². The normalized spacial score (nSPS) is 12.6. The van der Waals surface area contributed by atoms with Crippen LogP contribution in [0, 0.1) is 0 Å². The van der Waals surface area contributed by atoms with E-state index in [-0.39, 0.29) is 0 Å². The molecule has 0 bridgehead atoms. The van der Waals surface area contributed by atoms with Crippen LogP contribution in [0.1, 0.15) is 12.5 Å². The van der Waals surface area contributed by atoms with Gasteiger partial charge in [0.2, 0.25) is 0 Å². The molecular weight excluding hydrogens is 170 g/mol. The molecule has 0 spiro atoms. The summed E-state index contributed by atoms with van der Waals surface area (Å²) in [6.45, 7) is 5.56. The van der Waals surface area contributed by atoms with Gasteiger partial charge in [-0.05, 0) is 24.1 Å². The molecule has 1 heteroatoms. The van der Waals surface area contributed by atoms with Crippen LogP contribution in [0.5, 0.6) is 0 Å². The molecule has 0 aliphatic rings. The van der Waals surface area contributed by atoms with E-state index in [1.165, 1.54) is 0 Å². The highest BCUT2D eigenvalue weighted by Gasteiger charge is 1.95. The lowest BCUT2D eigenvalue weighted by Crippen LogP contribution is -1.91. The van der Waals surface area contributed by atoms with Crippen molar-refractivity contribution in [3.8, 4) is 0 Å². The average Bonchev–Trinajstić information content (AvgIpc) is 2.18. The van der Waals surface area contributed by atoms with Gasteiger partial charge in [-0.25, -0.2) is 0 Å². The van der Waals surface area contributed by atoms with Crippen LogP contribution in [-0.4, -0.2) is 0 Å². The Balaban J connectivity index is 3.08. The molecule has 0 radical (unpaired) electrons. The lowest BCUT2D eigenvalue weighted by Gasteiger charge is -2.02. The Hall–Kier alpha value is -1.76. The molecule has 1 nitrogen and oxygen atoms in total. The van der Waals surface area contributed by atoms with Gasteiger partial charge in [0.15, 0.2) is 0 Å². The van der Waals surface area contributed by atoms with Crippen molar-refractivity contribution in [2.45, 2.75) is 6.92 Å². The molecule has 0 saturated carbocycles. The van der Waals surface area contributed by atoms with E-state index in [9.17, 15) is 0 Å². The molecule has 0 heterocycles. The number of hydrogen-bond acceptors (Lipinski definition) is 1. The van der Waals surface area contributed by atoms with Crippen molar-refractivity contribution in [2.24, 2.45) is 5.73 Å². The van der Waals surface area contributed by atoms with Crippen LogP contribution in [0.15, 0.2) is 60.8 Å². The van der Waals surface area contributed by atoms with Crippen molar-refractivity contribution < 1.29 is 0 Å². The van der Waals surface area contributed by atoms with E-state index in [1.54, 1.807) is 6.08 Å². The molecule has 0 saturated heterocycles. The molecule has 2 N–H and O–H groups in total. The Kier molecular flexibility index (Phi) is 3.74. The molecule has 0 atom stereocenters. The van der Waals surface area contributed by atoms with E-state index in [0.717, 1.165) is 16.8 Å². The number of benzene rings is 1. The maximum absolute atomic E-state index is 5.65. The molecule has 0 aromatic heterocycles. The predicted octanol–water partition coefficient (Wildman–Crippen LogP) is 3.12. The maximum Gasteiger partial charge on any atom is 0.00550 e. The predicted molar refractivity (Wildman–Crippen MR) is 62.6 cm³/mol. The molecule has 72 valence electrons. The maximum atomic E-state index is 5.65. The average molecular weight is 185 g/mol. The monoisotopic (exact) mass is 185 g/mol. The minimum Gasteiger partial charge on any atom is -0.402 e. The van der Waals surface area contributed by atoms with Crippen molar-refractivity contribution in [1.82, 2.24) is 0 Å². The van der Waals surface area contributed by atoms with Crippen LogP contribution in [-0.2, 0) is 0 Å². The highest BCUT2D eigenvalue weighted by Crippen LogP contribution is 2.16. The van der Waals surface area contributed by atoms with Crippen LogP contribution >= 0.6 is 0 Å². The highest BCUT2D eigenvalue weighted by atomic mass is 14.5. The number of hydrogen-bond donors (Lipinski definition) is 1. The quantitative estimate of drug-likeness (QED) is 0.719. The number of nitrogens with two attached hydrogens (primary N) is 1. The summed E-state index contributed by atoms with van der Waals surface area (Å²) in [7, 11) is 0. The SMILES string of the molecule is C=C/C=C(\C=C(\C)N)c1ccccc1. The molecule has 0 aliphatic carbocycles. The van der Waals surface area contributed by atoms with Crippen molar-refractivity contribution in [2.75, 3.05) is 0 Å². The number of allylic oxidation sites excluding steroid dienone is 5. The Labute approximate surface area is 85.3 Å². The second kappa shape index (κ2) is 5.07. The van der Waals surface area contributed by atoms with Gasteiger partial charge in [-0.3, -0.25) is 0 Å². The van der Waals surface area contributed by atoms with Gasteiger partial charge in [-0.1, -0.05) is 49.1 Å². The number of rotatable bonds is 3. The first-order valence-electron chi connectivity index (χ1n) is 4.56. The zero-order valence-corrected chi connectivity index (χ0v) is 8.40. The molecule has 14 heavy (non-hydrogen) atoms. The molecule has 1 aromatic carbocycles. The Morgan fingerprint density at radius 1 is 1.29 bits per heavy atom. The van der Waals surface area contributed by atoms with Crippen molar-refractivity contribution >= 4 is 5.57 Å². The molecule has 1 aromatic rings. The Morgan fingerprint density at radius 3 is 2.43 bits per heavy atom. The highest BCUT2D eigenvalue weighted by molar-refractivity contribution is 5.75. The van der Waals surface area contributed by atoms with Crippen LogP contribution in [0.25, 0.3) is 5.57 Å². The second-order valence-corrected chi connectivity index (χ2v) is 3.11. The summed E-state index contributed by atoms with van der Waals surface area (Å²) in [5, 5.41) is 0. The summed E-state index contributed by atoms with van der Waals surface area (Å²) < 4.78 is 0. The van der Waals surface area contributed by atoms with E-state index >= 15 is 0 Å². The van der Waals surface area contributed by atoms with Crippen molar-refractivity contribution in [1.29, 1.82) is 0 Å². The van der Waals surface area contributed by atoms with Gasteiger partial charge < -0.3 is 5.73 Å². The van der Waals surface area contributed by atoms with E-state index < -0.39 is 0 Å². The zero-order chi connectivity index (χ0) is 10.4. The standard InChI is InChI=1S/C13H15N/c1-3-7-13(10-11(2)14)12-8-5-4-6-9-12/h3-10H,1,14H2,2H3/b11-10-,13-7+. The van der Waals surface area contributed by atoms with E-state index in [0.29, 0.717) is 0 Å². The molecule has 0 amide bonds. The van der Waals surface area contributed by atoms with Crippen molar-refractivity contribution in [3.05, 3.63) is 66.4 Å². The Bertz CT molecular complexity index is 354. The summed E-state index contributed by atoms with van der Waals surface area (Å²) in [5.41, 5.74) is 8.67. The third-order valence-corrected chi connectivity index (χ3v) is 1.79. The van der Waals surface area contributed by atoms with Gasteiger partial charge >= 0.3 is 0 Å². The summed E-state index contributed by atoms with van der Waals surface area (Å²) in [5.74, 6) is 0.